The van der Waals surface area contributed by atoms with Gasteiger partial charge in [0.1, 0.15) is 18.1 Å². The minimum atomic E-state index is -0.0191. The Balaban J connectivity index is 1.62. The van der Waals surface area contributed by atoms with Crippen LogP contribution >= 0.6 is 0 Å². The maximum atomic E-state index is 12.0. The SMILES string of the molecule is CC(=O)C1Cc2ccccc2CN1CCOC1=CCCC=C1. The number of carbonyl (C=O) groups is 1. The van der Waals surface area contributed by atoms with Crippen LogP contribution in [0.2, 0.25) is 0 Å². The minimum absolute atomic E-state index is 0.0191. The summed E-state index contributed by atoms with van der Waals surface area (Å²) in [5.74, 6) is 1.20. The molecule has 0 saturated carbocycles. The Labute approximate surface area is 132 Å². The number of nitrogens with zero attached hydrogens (tertiary/aromatic N) is 1. The van der Waals surface area contributed by atoms with Crippen LogP contribution in [0.3, 0.4) is 0 Å². The Morgan fingerprint density at radius 2 is 2.09 bits per heavy atom. The molecule has 1 heterocycles. The van der Waals surface area contributed by atoms with E-state index in [4.69, 9.17) is 4.74 Å². The number of carbonyl (C=O) groups excluding carboxylic acids is 1. The molecule has 0 fully saturated rings. The Morgan fingerprint density at radius 3 is 2.82 bits per heavy atom. The molecular formula is C19H23NO2. The van der Waals surface area contributed by atoms with Gasteiger partial charge in [-0.3, -0.25) is 9.69 Å². The molecule has 0 amide bonds. The maximum Gasteiger partial charge on any atom is 0.147 e. The fourth-order valence-corrected chi connectivity index (χ4v) is 3.19. The van der Waals surface area contributed by atoms with Crippen LogP contribution in [0.4, 0.5) is 0 Å². The summed E-state index contributed by atoms with van der Waals surface area (Å²) in [7, 11) is 0. The van der Waals surface area contributed by atoms with Crippen molar-refractivity contribution in [3.8, 4) is 0 Å². The van der Waals surface area contributed by atoms with Crippen molar-refractivity contribution in [1.82, 2.24) is 4.90 Å². The summed E-state index contributed by atoms with van der Waals surface area (Å²) in [4.78, 5) is 14.2. The highest BCUT2D eigenvalue weighted by molar-refractivity contribution is 5.82. The topological polar surface area (TPSA) is 29.5 Å². The van der Waals surface area contributed by atoms with E-state index in [-0.39, 0.29) is 11.8 Å². The molecule has 1 atom stereocenters. The number of allylic oxidation sites excluding steroid dienone is 3. The average molecular weight is 297 g/mol. The Bertz CT molecular complexity index is 603. The van der Waals surface area contributed by atoms with E-state index in [2.05, 4.69) is 41.3 Å². The molecule has 1 aromatic carbocycles. The van der Waals surface area contributed by atoms with Crippen LogP contribution < -0.4 is 0 Å². The molecule has 0 N–H and O–H groups in total. The summed E-state index contributed by atoms with van der Waals surface area (Å²) < 4.78 is 5.82. The number of fused-ring (bicyclic) bond motifs is 1. The van der Waals surface area contributed by atoms with Crippen molar-refractivity contribution in [1.29, 1.82) is 0 Å². The second kappa shape index (κ2) is 6.93. The number of hydrogen-bond donors (Lipinski definition) is 0. The molecule has 1 aliphatic carbocycles. The zero-order valence-corrected chi connectivity index (χ0v) is 13.1. The highest BCUT2D eigenvalue weighted by Gasteiger charge is 2.28. The maximum absolute atomic E-state index is 12.0. The summed E-state index contributed by atoms with van der Waals surface area (Å²) in [5.41, 5.74) is 2.63. The Hall–Kier alpha value is -1.87. The standard InChI is InChI=1S/C19H23NO2/c1-15(21)19-13-16-7-5-6-8-17(16)14-20(19)11-12-22-18-9-3-2-4-10-18/h3,5-10,19H,2,4,11-14H2,1H3. The summed E-state index contributed by atoms with van der Waals surface area (Å²) in [6, 6.07) is 8.40. The monoisotopic (exact) mass is 297 g/mol. The van der Waals surface area contributed by atoms with Gasteiger partial charge in [-0.1, -0.05) is 30.3 Å². The van der Waals surface area contributed by atoms with Gasteiger partial charge >= 0.3 is 0 Å². The van der Waals surface area contributed by atoms with Crippen molar-refractivity contribution in [2.75, 3.05) is 13.2 Å². The van der Waals surface area contributed by atoms with Crippen LogP contribution in [-0.4, -0.2) is 29.9 Å². The number of ketones is 1. The molecule has 22 heavy (non-hydrogen) atoms. The van der Waals surface area contributed by atoms with E-state index in [0.29, 0.717) is 6.61 Å². The molecule has 1 aromatic rings. The number of ether oxygens (including phenoxy) is 1. The molecule has 0 bridgehead atoms. The van der Waals surface area contributed by atoms with E-state index in [9.17, 15) is 4.79 Å². The Morgan fingerprint density at radius 1 is 1.27 bits per heavy atom. The lowest BCUT2D eigenvalue weighted by Crippen LogP contribution is -2.46. The largest absolute Gasteiger partial charge is 0.493 e. The van der Waals surface area contributed by atoms with E-state index >= 15 is 0 Å². The number of Topliss-reactive ketones (excluding diaryl/α,β-unsaturated/α-hetero) is 1. The van der Waals surface area contributed by atoms with Crippen molar-refractivity contribution >= 4 is 5.78 Å². The molecule has 3 rings (SSSR count). The van der Waals surface area contributed by atoms with Crippen molar-refractivity contribution < 1.29 is 9.53 Å². The first-order valence-electron chi connectivity index (χ1n) is 8.05. The summed E-state index contributed by atoms with van der Waals surface area (Å²) in [5, 5.41) is 0. The lowest BCUT2D eigenvalue weighted by Gasteiger charge is -2.35. The molecule has 2 aliphatic rings. The quantitative estimate of drug-likeness (QED) is 0.835. The highest BCUT2D eigenvalue weighted by atomic mass is 16.5. The molecule has 3 nitrogen and oxygen atoms in total. The van der Waals surface area contributed by atoms with Crippen molar-refractivity contribution in [3.63, 3.8) is 0 Å². The summed E-state index contributed by atoms with van der Waals surface area (Å²) in [6.45, 7) is 3.93. The van der Waals surface area contributed by atoms with Crippen LogP contribution in [0.5, 0.6) is 0 Å². The van der Waals surface area contributed by atoms with Crippen molar-refractivity contribution in [2.24, 2.45) is 0 Å². The van der Waals surface area contributed by atoms with Crippen LogP contribution in [0.1, 0.15) is 30.9 Å². The molecule has 0 aromatic heterocycles. The number of benzene rings is 1. The highest BCUT2D eigenvalue weighted by Crippen LogP contribution is 2.23. The summed E-state index contributed by atoms with van der Waals surface area (Å²) in [6.07, 6.45) is 9.28. The van der Waals surface area contributed by atoms with E-state index in [1.54, 1.807) is 6.92 Å². The van der Waals surface area contributed by atoms with Gasteiger partial charge in [0.15, 0.2) is 0 Å². The van der Waals surface area contributed by atoms with Gasteiger partial charge in [-0.2, -0.15) is 0 Å². The first kappa shape index (κ1) is 15.0. The average Bonchev–Trinajstić information content (AvgIpc) is 2.55. The van der Waals surface area contributed by atoms with Crippen LogP contribution in [-0.2, 0) is 22.5 Å². The third-order valence-electron chi connectivity index (χ3n) is 4.42. The zero-order valence-electron chi connectivity index (χ0n) is 13.1. The molecular weight excluding hydrogens is 274 g/mol. The van der Waals surface area contributed by atoms with Crippen molar-refractivity contribution in [2.45, 2.75) is 38.8 Å². The number of rotatable bonds is 5. The van der Waals surface area contributed by atoms with E-state index in [1.807, 2.05) is 6.08 Å². The molecule has 116 valence electrons. The smallest absolute Gasteiger partial charge is 0.147 e. The van der Waals surface area contributed by atoms with Crippen LogP contribution in [0.15, 0.2) is 48.3 Å². The van der Waals surface area contributed by atoms with Gasteiger partial charge < -0.3 is 4.74 Å². The predicted octanol–water partition coefficient (Wildman–Crippen LogP) is 3.25. The molecule has 0 saturated heterocycles. The summed E-state index contributed by atoms with van der Waals surface area (Å²) >= 11 is 0. The lowest BCUT2D eigenvalue weighted by atomic mass is 9.92. The van der Waals surface area contributed by atoms with Gasteiger partial charge in [0.05, 0.1) is 6.04 Å². The van der Waals surface area contributed by atoms with Gasteiger partial charge in [0.2, 0.25) is 0 Å². The van der Waals surface area contributed by atoms with Gasteiger partial charge in [-0.15, -0.1) is 0 Å². The first-order valence-corrected chi connectivity index (χ1v) is 8.05. The normalized spacial score (nSPS) is 21.1. The van der Waals surface area contributed by atoms with E-state index in [0.717, 1.165) is 38.1 Å². The first-order chi connectivity index (χ1) is 10.7. The fraction of sp³-hybridized carbons (Fsp3) is 0.421. The molecule has 1 aliphatic heterocycles. The van der Waals surface area contributed by atoms with Gasteiger partial charge in [0, 0.05) is 13.1 Å². The van der Waals surface area contributed by atoms with E-state index in [1.165, 1.54) is 11.1 Å². The van der Waals surface area contributed by atoms with Gasteiger partial charge in [-0.05, 0) is 49.5 Å². The zero-order chi connectivity index (χ0) is 15.4. The number of hydrogen-bond acceptors (Lipinski definition) is 3. The van der Waals surface area contributed by atoms with Gasteiger partial charge in [-0.25, -0.2) is 0 Å². The Kier molecular flexibility index (Phi) is 4.74. The lowest BCUT2D eigenvalue weighted by molar-refractivity contribution is -0.122. The molecule has 0 radical (unpaired) electrons. The second-order valence-corrected chi connectivity index (χ2v) is 6.00. The molecule has 3 heteroatoms. The van der Waals surface area contributed by atoms with E-state index < -0.39 is 0 Å². The minimum Gasteiger partial charge on any atom is -0.493 e. The molecule has 1 unspecified atom stereocenters. The predicted molar refractivity (Wildman–Crippen MR) is 87.4 cm³/mol. The second-order valence-electron chi connectivity index (χ2n) is 6.00. The van der Waals surface area contributed by atoms with Gasteiger partial charge in [0.25, 0.3) is 0 Å². The van der Waals surface area contributed by atoms with Crippen LogP contribution in [0.25, 0.3) is 0 Å². The van der Waals surface area contributed by atoms with Crippen molar-refractivity contribution in [3.05, 3.63) is 59.4 Å². The fourth-order valence-electron chi connectivity index (χ4n) is 3.19. The third kappa shape index (κ3) is 3.47. The molecule has 0 spiro atoms. The van der Waals surface area contributed by atoms with Crippen LogP contribution in [0, 0.1) is 0 Å². The third-order valence-corrected chi connectivity index (χ3v) is 4.42.